The van der Waals surface area contributed by atoms with Crippen molar-refractivity contribution in [2.75, 3.05) is 0 Å². The van der Waals surface area contributed by atoms with Gasteiger partial charge in [-0.3, -0.25) is 5.41 Å². The first kappa shape index (κ1) is 14.1. The molecule has 0 bridgehead atoms. The summed E-state index contributed by atoms with van der Waals surface area (Å²) in [5.74, 6) is 0.189. The van der Waals surface area contributed by atoms with E-state index in [9.17, 15) is 4.79 Å². The van der Waals surface area contributed by atoms with Crippen molar-refractivity contribution in [3.63, 3.8) is 0 Å². The Kier molecular flexibility index (Phi) is 3.74. The molecule has 3 rings (SSSR count). The topological polar surface area (TPSA) is 76.2 Å². The lowest BCUT2D eigenvalue weighted by atomic mass is 9.94. The highest BCUT2D eigenvalue weighted by molar-refractivity contribution is 5.97. The van der Waals surface area contributed by atoms with Crippen LogP contribution in [-0.4, -0.2) is 11.8 Å². The van der Waals surface area contributed by atoms with Gasteiger partial charge in [0.25, 0.3) is 0 Å². The number of benzene rings is 1. The Morgan fingerprint density at radius 1 is 1.09 bits per heavy atom. The van der Waals surface area contributed by atoms with Crippen LogP contribution in [-0.2, 0) is 11.2 Å². The molecule has 2 aliphatic rings. The van der Waals surface area contributed by atoms with E-state index in [0.29, 0.717) is 16.9 Å². The van der Waals surface area contributed by atoms with Crippen LogP contribution in [0, 0.1) is 5.41 Å². The fraction of sp³-hybridized carbons (Fsp3) is 0.111. The number of hydrogen-bond acceptors (Lipinski definition) is 3. The minimum atomic E-state index is -0.359. The molecule has 1 aliphatic carbocycles. The summed E-state index contributed by atoms with van der Waals surface area (Å²) in [5, 5.41) is 7.52. The number of nitrogens with one attached hydrogen (secondary N) is 1. The summed E-state index contributed by atoms with van der Waals surface area (Å²) in [6.07, 6.45) is 12.7. The Hall–Kier alpha value is -2.88. The quantitative estimate of drug-likeness (QED) is 0.362. The molecular formula is C18H16N2O2. The maximum Gasteiger partial charge on any atom is 0.343 e. The average molecular weight is 292 g/mol. The van der Waals surface area contributed by atoms with Gasteiger partial charge in [0.1, 0.15) is 11.6 Å². The lowest BCUT2D eigenvalue weighted by Gasteiger charge is -2.19. The minimum absolute atomic E-state index is 0.00927. The number of rotatable bonds is 1. The summed E-state index contributed by atoms with van der Waals surface area (Å²) >= 11 is 0. The van der Waals surface area contributed by atoms with Gasteiger partial charge in [0.15, 0.2) is 0 Å². The van der Waals surface area contributed by atoms with E-state index in [4.69, 9.17) is 15.9 Å². The molecule has 1 aromatic rings. The average Bonchev–Trinajstić information content (AvgIpc) is 2.46. The minimum Gasteiger partial charge on any atom is -0.423 e. The molecule has 3 N–H and O–H groups in total. The van der Waals surface area contributed by atoms with E-state index < -0.39 is 0 Å². The molecule has 0 atom stereocenters. The molecule has 22 heavy (non-hydrogen) atoms. The molecule has 0 saturated heterocycles. The highest BCUT2D eigenvalue weighted by atomic mass is 16.5. The Balaban J connectivity index is 2.03. The zero-order valence-electron chi connectivity index (χ0n) is 12.0. The largest absolute Gasteiger partial charge is 0.423 e. The molecule has 4 nitrogen and oxygen atoms in total. The number of fused-ring (bicyclic) bond motifs is 2. The number of allylic oxidation sites excluding steroid dienone is 6. The highest BCUT2D eigenvalue weighted by Crippen LogP contribution is 2.30. The number of carbonyl (C=O) groups is 1. The summed E-state index contributed by atoms with van der Waals surface area (Å²) < 4.78 is 5.52. The fourth-order valence-electron chi connectivity index (χ4n) is 2.53. The van der Waals surface area contributed by atoms with Crippen LogP contribution in [0.4, 0.5) is 0 Å². The smallest absolute Gasteiger partial charge is 0.343 e. The number of esters is 1. The lowest BCUT2D eigenvalue weighted by Crippen LogP contribution is -2.18. The van der Waals surface area contributed by atoms with Crippen molar-refractivity contribution in [3.05, 3.63) is 76.9 Å². The number of ether oxygens (including phenoxy) is 1. The molecule has 4 heteroatoms. The van der Waals surface area contributed by atoms with Gasteiger partial charge >= 0.3 is 5.97 Å². The van der Waals surface area contributed by atoms with Gasteiger partial charge < -0.3 is 10.5 Å². The van der Waals surface area contributed by atoms with Gasteiger partial charge in [-0.25, -0.2) is 4.79 Å². The molecule has 0 aromatic heterocycles. The second-order valence-electron chi connectivity index (χ2n) is 5.17. The van der Waals surface area contributed by atoms with Crippen LogP contribution in [0.25, 0.3) is 0 Å². The maximum atomic E-state index is 12.4. The molecule has 1 aromatic carbocycles. The van der Waals surface area contributed by atoms with E-state index in [1.807, 2.05) is 36.4 Å². The summed E-state index contributed by atoms with van der Waals surface area (Å²) in [6, 6.07) is 5.22. The van der Waals surface area contributed by atoms with Crippen LogP contribution in [0.1, 0.15) is 17.5 Å². The second kappa shape index (κ2) is 5.85. The van der Waals surface area contributed by atoms with Crippen molar-refractivity contribution < 1.29 is 9.53 Å². The van der Waals surface area contributed by atoms with Crippen LogP contribution >= 0.6 is 0 Å². The van der Waals surface area contributed by atoms with Gasteiger partial charge in [0, 0.05) is 5.56 Å². The molecular weight excluding hydrogens is 276 g/mol. The molecule has 110 valence electrons. The summed E-state index contributed by atoms with van der Waals surface area (Å²) in [4.78, 5) is 12.4. The van der Waals surface area contributed by atoms with Crippen molar-refractivity contribution in [1.29, 1.82) is 5.41 Å². The third-order valence-electron chi connectivity index (χ3n) is 3.70. The molecule has 0 amide bonds. The maximum absolute atomic E-state index is 12.4. The van der Waals surface area contributed by atoms with Crippen molar-refractivity contribution in [3.8, 4) is 5.75 Å². The molecule has 0 unspecified atom stereocenters. The van der Waals surface area contributed by atoms with Crippen molar-refractivity contribution in [2.45, 2.75) is 12.8 Å². The van der Waals surface area contributed by atoms with Gasteiger partial charge in [-0.15, -0.1) is 0 Å². The van der Waals surface area contributed by atoms with Crippen LogP contribution < -0.4 is 10.5 Å². The standard InChI is InChI=1S/C18H16N2O2/c19-17(20)14-9-10-16-13(11-14)8-7-12-5-3-1-2-4-6-15(12)18(21)22-16/h1-6,9-11H,7-8H2,(H3,19,20)/b2-1?,3-1-,4-2-,5-3?,6-4?,12-5?,15-6?,15-12?. The fourth-order valence-corrected chi connectivity index (χ4v) is 2.53. The van der Waals surface area contributed by atoms with Gasteiger partial charge in [-0.2, -0.15) is 0 Å². The van der Waals surface area contributed by atoms with Crippen molar-refractivity contribution in [2.24, 2.45) is 5.73 Å². The molecule has 0 spiro atoms. The number of nitrogens with two attached hydrogens (primary N) is 1. The van der Waals surface area contributed by atoms with Gasteiger partial charge in [0.2, 0.25) is 0 Å². The molecule has 0 radical (unpaired) electrons. The lowest BCUT2D eigenvalue weighted by molar-refractivity contribution is -0.130. The van der Waals surface area contributed by atoms with E-state index in [1.54, 1.807) is 18.2 Å². The number of hydrogen-bond donors (Lipinski definition) is 2. The first-order valence-electron chi connectivity index (χ1n) is 7.09. The normalized spacial score (nSPS) is 19.7. The third kappa shape index (κ3) is 2.76. The summed E-state index contributed by atoms with van der Waals surface area (Å²) in [5.41, 5.74) is 8.59. The van der Waals surface area contributed by atoms with Gasteiger partial charge in [0.05, 0.1) is 5.57 Å². The Morgan fingerprint density at radius 2 is 1.86 bits per heavy atom. The van der Waals surface area contributed by atoms with E-state index in [-0.39, 0.29) is 11.8 Å². The Labute approximate surface area is 128 Å². The predicted molar refractivity (Wildman–Crippen MR) is 85.9 cm³/mol. The Bertz CT molecular complexity index is 767. The first-order valence-corrected chi connectivity index (χ1v) is 7.09. The van der Waals surface area contributed by atoms with Crippen molar-refractivity contribution in [1.82, 2.24) is 0 Å². The zero-order valence-corrected chi connectivity index (χ0v) is 12.0. The van der Waals surface area contributed by atoms with Gasteiger partial charge in [-0.05, 0) is 48.3 Å². The highest BCUT2D eigenvalue weighted by Gasteiger charge is 2.21. The molecule has 1 heterocycles. The summed E-state index contributed by atoms with van der Waals surface area (Å²) in [7, 11) is 0. The summed E-state index contributed by atoms with van der Waals surface area (Å²) in [6.45, 7) is 0. The monoisotopic (exact) mass is 292 g/mol. The Morgan fingerprint density at radius 3 is 2.64 bits per heavy atom. The zero-order chi connectivity index (χ0) is 15.5. The van der Waals surface area contributed by atoms with E-state index in [2.05, 4.69) is 0 Å². The molecule has 1 aliphatic heterocycles. The third-order valence-corrected chi connectivity index (χ3v) is 3.70. The van der Waals surface area contributed by atoms with Crippen LogP contribution in [0.15, 0.2) is 65.8 Å². The SMILES string of the molecule is N=C(N)c1ccc2c(c1)CCC1=C/C=C\C=C/C=C1C(=O)O2. The number of aryl methyl sites for hydroxylation is 1. The molecule has 0 saturated carbocycles. The second-order valence-corrected chi connectivity index (χ2v) is 5.17. The molecule has 0 fully saturated rings. The number of nitrogen functional groups attached to an aromatic ring is 1. The van der Waals surface area contributed by atoms with E-state index in [0.717, 1.165) is 24.0 Å². The van der Waals surface area contributed by atoms with E-state index >= 15 is 0 Å². The van der Waals surface area contributed by atoms with Crippen LogP contribution in [0.2, 0.25) is 0 Å². The van der Waals surface area contributed by atoms with Crippen molar-refractivity contribution >= 4 is 11.8 Å². The van der Waals surface area contributed by atoms with Crippen LogP contribution in [0.5, 0.6) is 5.75 Å². The van der Waals surface area contributed by atoms with E-state index in [1.165, 1.54) is 0 Å². The van der Waals surface area contributed by atoms with Gasteiger partial charge in [-0.1, -0.05) is 30.4 Å². The number of carbonyl (C=O) groups excluding carboxylic acids is 1. The predicted octanol–water partition coefficient (Wildman–Crippen LogP) is 2.80. The first-order chi connectivity index (χ1) is 10.6. The van der Waals surface area contributed by atoms with Crippen LogP contribution in [0.3, 0.4) is 0 Å². The number of amidine groups is 1.